The normalized spacial score (nSPS) is 30.5. The molecular formula is C16H17N3O2S. The van der Waals surface area contributed by atoms with E-state index in [0.717, 1.165) is 18.7 Å². The number of carbonyl (C=O) groups is 2. The summed E-state index contributed by atoms with van der Waals surface area (Å²) in [7, 11) is 0. The van der Waals surface area contributed by atoms with E-state index in [-0.39, 0.29) is 24.5 Å². The molecule has 1 aromatic heterocycles. The van der Waals surface area contributed by atoms with Crippen LogP contribution in [0.2, 0.25) is 0 Å². The van der Waals surface area contributed by atoms with Crippen molar-refractivity contribution in [3.8, 4) is 0 Å². The molecule has 2 aliphatic heterocycles. The van der Waals surface area contributed by atoms with Crippen molar-refractivity contribution in [2.24, 2.45) is 16.8 Å². The van der Waals surface area contributed by atoms with Crippen molar-refractivity contribution in [2.75, 3.05) is 13.1 Å². The average Bonchev–Trinajstić information content (AvgIpc) is 3.05. The number of amides is 3. The molecule has 6 heteroatoms. The van der Waals surface area contributed by atoms with Crippen LogP contribution >= 0.6 is 11.3 Å². The Hall–Kier alpha value is -1.95. The molecule has 22 heavy (non-hydrogen) atoms. The Morgan fingerprint density at radius 2 is 2.23 bits per heavy atom. The maximum Gasteiger partial charge on any atom is 0.324 e. The van der Waals surface area contributed by atoms with E-state index >= 15 is 0 Å². The molecule has 2 fully saturated rings. The summed E-state index contributed by atoms with van der Waals surface area (Å²) in [5.74, 6) is 0.589. The van der Waals surface area contributed by atoms with Crippen molar-refractivity contribution in [1.29, 1.82) is 0 Å². The molecule has 0 bridgehead atoms. The van der Waals surface area contributed by atoms with Crippen LogP contribution in [0.15, 0.2) is 29.3 Å². The third kappa shape index (κ3) is 2.27. The number of hydrogen-bond acceptors (Lipinski definition) is 4. The van der Waals surface area contributed by atoms with Crippen molar-refractivity contribution >= 4 is 29.0 Å². The molecule has 1 saturated carbocycles. The van der Waals surface area contributed by atoms with E-state index in [0.29, 0.717) is 11.8 Å². The number of dihydropyridines is 1. The zero-order valence-corrected chi connectivity index (χ0v) is 13.1. The molecule has 1 unspecified atom stereocenters. The van der Waals surface area contributed by atoms with Crippen molar-refractivity contribution in [2.45, 2.75) is 19.4 Å². The Bertz CT molecular complexity index is 690. The summed E-state index contributed by atoms with van der Waals surface area (Å²) in [6.45, 7) is 2.98. The molecule has 1 aliphatic carbocycles. The molecular weight excluding hydrogens is 298 g/mol. The first-order valence-corrected chi connectivity index (χ1v) is 8.34. The van der Waals surface area contributed by atoms with Gasteiger partial charge in [0.2, 0.25) is 5.91 Å². The molecule has 0 spiro atoms. The van der Waals surface area contributed by atoms with Crippen LogP contribution in [0.5, 0.6) is 0 Å². The van der Waals surface area contributed by atoms with Gasteiger partial charge in [-0.2, -0.15) is 0 Å². The highest BCUT2D eigenvalue weighted by Gasteiger charge is 2.51. The standard InChI is InChI=1S/C16H17N3O2S/c1-9-2-5-14(22-9)12-4-3-10(7-17-12)11-6-13(11)19-15(20)8-18-16(19)21/h2-5,10-11,13H,6-8H2,1H3,(H,18,21)/t10?,11-,13+/m0/s1. The van der Waals surface area contributed by atoms with Gasteiger partial charge >= 0.3 is 6.03 Å². The van der Waals surface area contributed by atoms with Gasteiger partial charge in [0, 0.05) is 23.4 Å². The van der Waals surface area contributed by atoms with Gasteiger partial charge < -0.3 is 5.32 Å². The predicted molar refractivity (Wildman–Crippen MR) is 85.2 cm³/mol. The van der Waals surface area contributed by atoms with Crippen LogP contribution in [0, 0.1) is 18.8 Å². The highest BCUT2D eigenvalue weighted by atomic mass is 32.1. The molecule has 3 atom stereocenters. The van der Waals surface area contributed by atoms with Crippen molar-refractivity contribution < 1.29 is 9.59 Å². The molecule has 1 saturated heterocycles. The largest absolute Gasteiger partial charge is 0.329 e. The lowest BCUT2D eigenvalue weighted by Gasteiger charge is -2.18. The van der Waals surface area contributed by atoms with Crippen LogP contribution in [0.1, 0.15) is 16.2 Å². The van der Waals surface area contributed by atoms with Gasteiger partial charge in [0.15, 0.2) is 0 Å². The van der Waals surface area contributed by atoms with Crippen molar-refractivity contribution in [3.63, 3.8) is 0 Å². The van der Waals surface area contributed by atoms with Crippen LogP contribution < -0.4 is 5.32 Å². The van der Waals surface area contributed by atoms with Crippen LogP contribution in [-0.4, -0.2) is 41.7 Å². The number of nitrogens with zero attached hydrogens (tertiary/aromatic N) is 2. The fraction of sp³-hybridized carbons (Fsp3) is 0.438. The second-order valence-corrected chi connectivity index (χ2v) is 7.34. The zero-order chi connectivity index (χ0) is 15.3. The minimum atomic E-state index is -0.240. The first-order chi connectivity index (χ1) is 10.6. The molecule has 3 amide bonds. The number of thiophene rings is 1. The van der Waals surface area contributed by atoms with Crippen molar-refractivity contribution in [3.05, 3.63) is 34.0 Å². The molecule has 3 heterocycles. The molecule has 114 valence electrons. The Morgan fingerprint density at radius 3 is 2.82 bits per heavy atom. The molecule has 0 aromatic carbocycles. The number of carbonyl (C=O) groups excluding carboxylic acids is 2. The van der Waals surface area contributed by atoms with Gasteiger partial charge in [0.1, 0.15) is 0 Å². The van der Waals surface area contributed by atoms with Crippen LogP contribution in [0.25, 0.3) is 0 Å². The summed E-state index contributed by atoms with van der Waals surface area (Å²) >= 11 is 1.75. The number of rotatable bonds is 3. The number of hydrogen-bond donors (Lipinski definition) is 1. The van der Waals surface area contributed by atoms with Gasteiger partial charge in [-0.3, -0.25) is 14.7 Å². The van der Waals surface area contributed by atoms with E-state index in [1.165, 1.54) is 14.7 Å². The molecule has 1 aromatic rings. The Labute approximate surface area is 132 Å². The summed E-state index contributed by atoms with van der Waals surface area (Å²) in [6.07, 6.45) is 5.18. The van der Waals surface area contributed by atoms with Crippen molar-refractivity contribution in [1.82, 2.24) is 10.2 Å². The maximum atomic E-state index is 11.7. The van der Waals surface area contributed by atoms with Gasteiger partial charge in [-0.1, -0.05) is 6.08 Å². The number of imide groups is 1. The predicted octanol–water partition coefficient (Wildman–Crippen LogP) is 1.97. The van der Waals surface area contributed by atoms with E-state index in [1.807, 2.05) is 0 Å². The molecule has 3 aliphatic rings. The van der Waals surface area contributed by atoms with Crippen LogP contribution in [0.3, 0.4) is 0 Å². The van der Waals surface area contributed by atoms with Gasteiger partial charge in [-0.25, -0.2) is 4.79 Å². The first kappa shape index (κ1) is 13.7. The van der Waals surface area contributed by atoms with Crippen LogP contribution in [0.4, 0.5) is 4.79 Å². The molecule has 5 nitrogen and oxygen atoms in total. The summed E-state index contributed by atoms with van der Waals surface area (Å²) in [4.78, 5) is 32.0. The number of aryl methyl sites for hydroxylation is 1. The highest BCUT2D eigenvalue weighted by Crippen LogP contribution is 2.44. The number of aliphatic imine (C=N–C) groups is 1. The third-order valence-corrected chi connectivity index (χ3v) is 5.55. The van der Waals surface area contributed by atoms with E-state index in [4.69, 9.17) is 4.99 Å². The Balaban J connectivity index is 1.41. The first-order valence-electron chi connectivity index (χ1n) is 7.53. The van der Waals surface area contributed by atoms with E-state index in [2.05, 4.69) is 36.5 Å². The lowest BCUT2D eigenvalue weighted by atomic mass is 9.99. The lowest BCUT2D eigenvalue weighted by Crippen LogP contribution is -2.35. The second-order valence-electron chi connectivity index (χ2n) is 6.05. The molecule has 4 rings (SSSR count). The zero-order valence-electron chi connectivity index (χ0n) is 12.3. The lowest BCUT2D eigenvalue weighted by molar-refractivity contribution is -0.125. The minimum Gasteiger partial charge on any atom is -0.329 e. The molecule has 1 N–H and O–H groups in total. The smallest absolute Gasteiger partial charge is 0.324 e. The van der Waals surface area contributed by atoms with Gasteiger partial charge in [0.25, 0.3) is 0 Å². The monoisotopic (exact) mass is 315 g/mol. The second kappa shape index (κ2) is 5.05. The molecule has 0 radical (unpaired) electrons. The fourth-order valence-corrected chi connectivity index (χ4v) is 4.13. The summed E-state index contributed by atoms with van der Waals surface area (Å²) in [5.41, 5.74) is 1.04. The number of nitrogens with one attached hydrogen (secondary N) is 1. The summed E-state index contributed by atoms with van der Waals surface area (Å²) in [6, 6.07) is 4.04. The SMILES string of the molecule is Cc1ccc(C2=NCC([C@@H]3C[C@H]3N3C(=O)CNC3=O)C=C2)s1. The third-order valence-electron chi connectivity index (χ3n) is 4.53. The van der Waals surface area contributed by atoms with Gasteiger partial charge in [-0.15, -0.1) is 11.3 Å². The Kier molecular flexibility index (Phi) is 3.14. The summed E-state index contributed by atoms with van der Waals surface area (Å²) in [5, 5.41) is 2.59. The topological polar surface area (TPSA) is 61.8 Å². The fourth-order valence-electron chi connectivity index (χ4n) is 3.27. The maximum absolute atomic E-state index is 11.7. The van der Waals surface area contributed by atoms with Gasteiger partial charge in [-0.05, 0) is 37.5 Å². The Morgan fingerprint density at radius 1 is 1.36 bits per heavy atom. The number of allylic oxidation sites excluding steroid dienone is 1. The van der Waals surface area contributed by atoms with E-state index in [9.17, 15) is 9.59 Å². The van der Waals surface area contributed by atoms with Crippen LogP contribution in [-0.2, 0) is 4.79 Å². The quantitative estimate of drug-likeness (QED) is 0.867. The van der Waals surface area contributed by atoms with Gasteiger partial charge in [0.05, 0.1) is 17.1 Å². The number of urea groups is 1. The minimum absolute atomic E-state index is 0.0605. The summed E-state index contributed by atoms with van der Waals surface area (Å²) < 4.78 is 0. The van der Waals surface area contributed by atoms with E-state index in [1.54, 1.807) is 11.3 Å². The highest BCUT2D eigenvalue weighted by molar-refractivity contribution is 7.14. The average molecular weight is 315 g/mol. The van der Waals surface area contributed by atoms with E-state index < -0.39 is 0 Å².